The summed E-state index contributed by atoms with van der Waals surface area (Å²) in [5.74, 6) is -6.41. The molecule has 1 aromatic rings. The molecule has 0 bridgehead atoms. The average Bonchev–Trinajstić information content (AvgIpc) is 2.57. The van der Waals surface area contributed by atoms with Crippen LogP contribution in [0.15, 0.2) is 36.4 Å². The number of ether oxygens (including phenoxy) is 3. The van der Waals surface area contributed by atoms with Crippen LogP contribution in [0.5, 0.6) is 11.5 Å². The first kappa shape index (κ1) is 26.2. The maximum atomic E-state index is 13.0. The van der Waals surface area contributed by atoms with Gasteiger partial charge in [0, 0.05) is 5.57 Å². The highest BCUT2D eigenvalue weighted by Gasteiger charge is 2.75. The maximum Gasteiger partial charge on any atom is 0.438 e. The van der Waals surface area contributed by atoms with Gasteiger partial charge in [-0.3, -0.25) is 0 Å². The van der Waals surface area contributed by atoms with E-state index in [9.17, 15) is 48.9 Å². The second-order valence-corrected chi connectivity index (χ2v) is 7.33. The Bertz CT molecular complexity index is 920. The molecule has 8 nitrogen and oxygen atoms in total. The first-order chi connectivity index (χ1) is 13.9. The molecule has 0 saturated carbocycles. The second kappa shape index (κ2) is 9.13. The zero-order valence-electron chi connectivity index (χ0n) is 15.4. The lowest BCUT2D eigenvalue weighted by Crippen LogP contribution is -2.63. The van der Waals surface area contributed by atoms with Crippen LogP contribution >= 0.6 is 0 Å². The van der Waals surface area contributed by atoms with Crippen molar-refractivity contribution >= 4 is 22.1 Å². The smallest absolute Gasteiger partial charge is 0.438 e. The van der Waals surface area contributed by atoms with Gasteiger partial charge in [0.15, 0.2) is 6.61 Å². The summed E-state index contributed by atoms with van der Waals surface area (Å²) in [6.07, 6.45) is -13.0. The number of benzene rings is 1. The van der Waals surface area contributed by atoms with Crippen molar-refractivity contribution in [3.8, 4) is 11.5 Å². The first-order valence-electron chi connectivity index (χ1n) is 7.77. The SMILES string of the molecule is C=C(C)C(=O)Oc1ccc(OCC(=O)OC(CS(=O)(=O)[O-])(C(F)(F)F)C(F)(F)F)cc1. The molecule has 0 saturated heterocycles. The highest BCUT2D eigenvalue weighted by atomic mass is 32.2. The van der Waals surface area contributed by atoms with E-state index in [4.69, 9.17) is 4.74 Å². The molecule has 15 heteroatoms. The lowest BCUT2D eigenvalue weighted by atomic mass is 10.1. The molecule has 0 aliphatic heterocycles. The van der Waals surface area contributed by atoms with Crippen LogP contribution in [-0.4, -0.2) is 55.2 Å². The van der Waals surface area contributed by atoms with Crippen molar-refractivity contribution in [3.63, 3.8) is 0 Å². The molecule has 0 N–H and O–H groups in total. The Hall–Kier alpha value is -2.81. The summed E-state index contributed by atoms with van der Waals surface area (Å²) in [5, 5.41) is 0. The van der Waals surface area contributed by atoms with Crippen molar-refractivity contribution in [2.45, 2.75) is 24.9 Å². The second-order valence-electron chi connectivity index (χ2n) is 5.93. The number of rotatable bonds is 8. The van der Waals surface area contributed by atoms with E-state index >= 15 is 0 Å². The van der Waals surface area contributed by atoms with Crippen LogP contribution in [0.1, 0.15) is 6.92 Å². The van der Waals surface area contributed by atoms with Crippen molar-refractivity contribution in [1.82, 2.24) is 0 Å². The summed E-state index contributed by atoms with van der Waals surface area (Å²) in [6, 6.07) is 4.36. The minimum absolute atomic E-state index is 0.0169. The zero-order valence-corrected chi connectivity index (χ0v) is 16.2. The van der Waals surface area contributed by atoms with E-state index in [0.717, 1.165) is 24.3 Å². The number of hydrogen-bond donors (Lipinski definition) is 0. The van der Waals surface area contributed by atoms with Gasteiger partial charge in [-0.15, -0.1) is 0 Å². The van der Waals surface area contributed by atoms with E-state index in [-0.39, 0.29) is 17.1 Å². The van der Waals surface area contributed by atoms with Crippen LogP contribution in [0.3, 0.4) is 0 Å². The van der Waals surface area contributed by atoms with Gasteiger partial charge < -0.3 is 18.8 Å². The van der Waals surface area contributed by atoms with Crippen LogP contribution in [0.25, 0.3) is 0 Å². The molecule has 0 atom stereocenters. The van der Waals surface area contributed by atoms with Gasteiger partial charge in [-0.1, -0.05) is 6.58 Å². The fourth-order valence-electron chi connectivity index (χ4n) is 1.88. The fourth-order valence-corrected chi connectivity index (χ4v) is 2.77. The molecular formula is C16H13F6O8S-. The first-order valence-corrected chi connectivity index (χ1v) is 9.35. The summed E-state index contributed by atoms with van der Waals surface area (Å²) in [4.78, 5) is 22.9. The number of hydrogen-bond acceptors (Lipinski definition) is 8. The molecule has 0 aliphatic carbocycles. The standard InChI is InChI=1S/C16H14F6O8S/c1-9(2)13(24)29-11-5-3-10(4-6-11)28-7-12(23)30-14(15(17,18)19,16(20,21)22)8-31(25,26)27/h3-6H,1,7-8H2,2H3,(H,25,26,27)/p-1. The molecule has 31 heavy (non-hydrogen) atoms. The monoisotopic (exact) mass is 479 g/mol. The Morgan fingerprint density at radius 3 is 1.84 bits per heavy atom. The van der Waals surface area contributed by atoms with Crippen LogP contribution in [0.2, 0.25) is 0 Å². The lowest BCUT2D eigenvalue weighted by molar-refractivity contribution is -0.361. The topological polar surface area (TPSA) is 119 Å². The largest absolute Gasteiger partial charge is 0.748 e. The van der Waals surface area contributed by atoms with E-state index in [0.29, 0.717) is 0 Å². The van der Waals surface area contributed by atoms with Crippen LogP contribution in [0.4, 0.5) is 26.3 Å². The van der Waals surface area contributed by atoms with Crippen molar-refractivity contribution in [3.05, 3.63) is 36.4 Å². The van der Waals surface area contributed by atoms with Crippen LogP contribution < -0.4 is 9.47 Å². The van der Waals surface area contributed by atoms with E-state index in [1.54, 1.807) is 0 Å². The molecule has 1 aromatic carbocycles. The summed E-state index contributed by atoms with van der Waals surface area (Å²) < 4.78 is 123. The van der Waals surface area contributed by atoms with Crippen molar-refractivity contribution in [1.29, 1.82) is 0 Å². The molecule has 0 unspecified atom stereocenters. The normalized spacial score (nSPS) is 12.8. The molecule has 0 aliphatic rings. The van der Waals surface area contributed by atoms with Gasteiger partial charge in [-0.2, -0.15) is 26.3 Å². The highest BCUT2D eigenvalue weighted by molar-refractivity contribution is 7.85. The summed E-state index contributed by atoms with van der Waals surface area (Å²) in [7, 11) is -6.14. The molecule has 0 aromatic heterocycles. The van der Waals surface area contributed by atoms with Gasteiger partial charge in [0.2, 0.25) is 0 Å². The number of halogens is 6. The fraction of sp³-hybridized carbons (Fsp3) is 0.375. The predicted molar refractivity (Wildman–Crippen MR) is 87.9 cm³/mol. The Morgan fingerprint density at radius 2 is 1.45 bits per heavy atom. The van der Waals surface area contributed by atoms with Gasteiger partial charge in [0.25, 0.3) is 0 Å². The van der Waals surface area contributed by atoms with Crippen molar-refractivity contribution in [2.75, 3.05) is 12.4 Å². The minimum Gasteiger partial charge on any atom is -0.748 e. The van der Waals surface area contributed by atoms with Gasteiger partial charge >= 0.3 is 29.9 Å². The van der Waals surface area contributed by atoms with E-state index < -0.39 is 52.4 Å². The van der Waals surface area contributed by atoms with E-state index in [1.165, 1.54) is 6.92 Å². The maximum absolute atomic E-state index is 13.0. The zero-order chi connectivity index (χ0) is 24.3. The highest BCUT2D eigenvalue weighted by Crippen LogP contribution is 2.46. The Labute approximate surface area is 171 Å². The molecule has 1 rings (SSSR count). The van der Waals surface area contributed by atoms with Gasteiger partial charge in [0.05, 0.1) is 15.9 Å². The number of carbonyl (C=O) groups excluding carboxylic acids is 2. The molecule has 0 amide bonds. The molecular weight excluding hydrogens is 466 g/mol. The van der Waals surface area contributed by atoms with Crippen LogP contribution in [0, 0.1) is 0 Å². The quantitative estimate of drug-likeness (QED) is 0.184. The van der Waals surface area contributed by atoms with Crippen molar-refractivity contribution in [2.24, 2.45) is 0 Å². The van der Waals surface area contributed by atoms with Gasteiger partial charge in [-0.25, -0.2) is 18.0 Å². The number of alkyl halides is 6. The summed E-state index contributed by atoms with van der Waals surface area (Å²) in [6.45, 7) is 3.20. The summed E-state index contributed by atoms with van der Waals surface area (Å²) in [5.41, 5.74) is -5.51. The molecule has 0 fully saturated rings. The van der Waals surface area contributed by atoms with E-state index in [1.807, 2.05) is 0 Å². The third kappa shape index (κ3) is 7.13. The minimum atomic E-state index is -6.48. The van der Waals surface area contributed by atoms with Gasteiger partial charge in [0.1, 0.15) is 11.5 Å². The van der Waals surface area contributed by atoms with Crippen molar-refractivity contribution < 1.29 is 63.1 Å². The number of esters is 2. The molecule has 0 radical (unpaired) electrons. The molecule has 0 spiro atoms. The Kier molecular flexibility index (Phi) is 7.73. The average molecular weight is 479 g/mol. The number of carbonyl (C=O) groups is 2. The Balaban J connectivity index is 2.96. The summed E-state index contributed by atoms with van der Waals surface area (Å²) >= 11 is 0. The molecule has 174 valence electrons. The van der Waals surface area contributed by atoms with E-state index in [2.05, 4.69) is 16.1 Å². The Morgan fingerprint density at radius 1 is 1.00 bits per heavy atom. The predicted octanol–water partition coefficient (Wildman–Crippen LogP) is 2.50. The third-order valence-corrected chi connectivity index (χ3v) is 4.08. The van der Waals surface area contributed by atoms with Crippen LogP contribution in [-0.2, 0) is 24.4 Å². The third-order valence-electron chi connectivity index (χ3n) is 3.32. The lowest BCUT2D eigenvalue weighted by Gasteiger charge is -2.36. The molecule has 0 heterocycles. The van der Waals surface area contributed by atoms with Gasteiger partial charge in [-0.05, 0) is 31.2 Å².